The summed E-state index contributed by atoms with van der Waals surface area (Å²) < 4.78 is 33.7. The normalized spacial score (nSPS) is 25.3. The number of benzene rings is 1. The fourth-order valence-electron chi connectivity index (χ4n) is 5.04. The highest BCUT2D eigenvalue weighted by atomic mass is 35.5. The smallest absolute Gasteiger partial charge is 0.323 e. The molecule has 0 aromatic heterocycles. The number of nitrogens with one attached hydrogen (secondary N) is 1. The first-order valence-electron chi connectivity index (χ1n) is 12.4. The molecule has 1 aliphatic heterocycles. The molecule has 6 nitrogen and oxygen atoms in total. The monoisotopic (exact) mass is 522 g/mol. The summed E-state index contributed by atoms with van der Waals surface area (Å²) in [5, 5.41) is 12.6. The Kier molecular flexibility index (Phi) is 7.12. The van der Waals surface area contributed by atoms with E-state index in [-0.39, 0.29) is 25.7 Å². The molecule has 9 heteroatoms. The van der Waals surface area contributed by atoms with Gasteiger partial charge in [0.05, 0.1) is 22.7 Å². The maximum atomic E-state index is 13.9. The highest BCUT2D eigenvalue weighted by molar-refractivity contribution is 6.32. The number of hydrogen-bond acceptors (Lipinski definition) is 3. The lowest BCUT2D eigenvalue weighted by Gasteiger charge is -2.50. The van der Waals surface area contributed by atoms with Gasteiger partial charge in [-0.1, -0.05) is 36.6 Å². The summed E-state index contributed by atoms with van der Waals surface area (Å²) in [5.41, 5.74) is -0.824. The van der Waals surface area contributed by atoms with Gasteiger partial charge in [0.2, 0.25) is 5.92 Å². The molecule has 4 rings (SSSR count). The van der Waals surface area contributed by atoms with E-state index in [0.717, 1.165) is 12.3 Å². The third-order valence-corrected chi connectivity index (χ3v) is 8.07. The van der Waals surface area contributed by atoms with Gasteiger partial charge in [0.15, 0.2) is 0 Å². The predicted octanol–water partition coefficient (Wildman–Crippen LogP) is 6.50. The molecule has 0 saturated heterocycles. The fraction of sp³-hybridized carbons (Fsp3) is 0.556. The van der Waals surface area contributed by atoms with Crippen LogP contribution < -0.4 is 10.1 Å². The zero-order valence-electron chi connectivity index (χ0n) is 20.7. The van der Waals surface area contributed by atoms with Crippen molar-refractivity contribution in [1.82, 2.24) is 10.2 Å². The van der Waals surface area contributed by atoms with Gasteiger partial charge in [0, 0.05) is 25.5 Å². The van der Waals surface area contributed by atoms with Crippen molar-refractivity contribution in [1.29, 1.82) is 0 Å². The molecule has 2 atom stereocenters. The van der Waals surface area contributed by atoms with E-state index in [9.17, 15) is 23.5 Å². The van der Waals surface area contributed by atoms with Crippen LogP contribution >= 0.6 is 11.6 Å². The van der Waals surface area contributed by atoms with Crippen LogP contribution in [0.5, 0.6) is 5.75 Å². The van der Waals surface area contributed by atoms with Gasteiger partial charge in [-0.2, -0.15) is 0 Å². The Balaban J connectivity index is 1.66. The molecule has 36 heavy (non-hydrogen) atoms. The first-order valence-corrected chi connectivity index (χ1v) is 12.7. The van der Waals surface area contributed by atoms with Crippen molar-refractivity contribution in [3.05, 3.63) is 53.2 Å². The molecule has 196 valence electrons. The number of hydrogen-bond donors (Lipinski definition) is 2. The zero-order valence-corrected chi connectivity index (χ0v) is 21.4. The molecule has 2 amide bonds. The van der Waals surface area contributed by atoms with Crippen LogP contribution in [0.3, 0.4) is 0 Å². The lowest BCUT2D eigenvalue weighted by atomic mass is 9.67. The van der Waals surface area contributed by atoms with E-state index in [2.05, 4.69) is 11.9 Å². The number of alkyl halides is 2. The second-order valence-corrected chi connectivity index (χ2v) is 11.1. The van der Waals surface area contributed by atoms with Crippen molar-refractivity contribution in [2.45, 2.75) is 75.8 Å². The molecule has 3 aliphatic rings. The molecule has 2 saturated carbocycles. The molecule has 1 aromatic rings. The first kappa shape index (κ1) is 26.5. The largest absolute Gasteiger partial charge is 0.492 e. The van der Waals surface area contributed by atoms with E-state index in [4.69, 9.17) is 16.3 Å². The van der Waals surface area contributed by atoms with Crippen molar-refractivity contribution < 1.29 is 28.2 Å². The number of carbonyl (C=O) groups excluding carboxylic acids is 1. The number of carboxylic acid groups (broad SMARTS) is 1. The summed E-state index contributed by atoms with van der Waals surface area (Å²) in [6, 6.07) is 4.80. The number of urea groups is 1. The van der Waals surface area contributed by atoms with Crippen LogP contribution in [0, 0.1) is 11.8 Å². The van der Waals surface area contributed by atoms with Crippen molar-refractivity contribution in [3.63, 3.8) is 0 Å². The van der Waals surface area contributed by atoms with Crippen LogP contribution in [0.2, 0.25) is 5.02 Å². The van der Waals surface area contributed by atoms with Crippen LogP contribution in [0.1, 0.15) is 64.4 Å². The van der Waals surface area contributed by atoms with Crippen LogP contribution in [-0.2, 0) is 10.3 Å². The first-order chi connectivity index (χ1) is 16.9. The summed E-state index contributed by atoms with van der Waals surface area (Å²) in [6.07, 6.45) is 5.88. The highest BCUT2D eigenvalue weighted by Gasteiger charge is 2.53. The second kappa shape index (κ2) is 9.69. The van der Waals surface area contributed by atoms with Crippen LogP contribution in [-0.4, -0.2) is 40.1 Å². The average Bonchev–Trinajstić information content (AvgIpc) is 3.61. The number of aliphatic carboxylic acids is 1. The summed E-state index contributed by atoms with van der Waals surface area (Å²) in [5.74, 6) is -2.95. The van der Waals surface area contributed by atoms with E-state index in [0.29, 0.717) is 28.5 Å². The quantitative estimate of drug-likeness (QED) is 0.325. The summed E-state index contributed by atoms with van der Waals surface area (Å²) in [4.78, 5) is 26.0. The molecule has 2 fully saturated rings. The van der Waals surface area contributed by atoms with Crippen molar-refractivity contribution in [2.75, 3.05) is 6.61 Å². The van der Waals surface area contributed by atoms with Crippen molar-refractivity contribution >= 4 is 23.6 Å². The SMILES string of the molecule is C=CC(C)(CCC(=O)O)N1C=C(C2CC(F)(F)C2)[C@](C)(c2ccc(OCCC3CC3)c(Cl)c2)NC1=O. The van der Waals surface area contributed by atoms with E-state index < -0.39 is 34.9 Å². The molecule has 1 heterocycles. The minimum absolute atomic E-state index is 0.124. The van der Waals surface area contributed by atoms with E-state index >= 15 is 0 Å². The summed E-state index contributed by atoms with van der Waals surface area (Å²) >= 11 is 6.54. The van der Waals surface area contributed by atoms with Gasteiger partial charge in [-0.25, -0.2) is 13.6 Å². The van der Waals surface area contributed by atoms with E-state index in [1.807, 2.05) is 0 Å². The van der Waals surface area contributed by atoms with Gasteiger partial charge in [-0.15, -0.1) is 6.58 Å². The minimum atomic E-state index is -2.76. The van der Waals surface area contributed by atoms with Crippen LogP contribution in [0.15, 0.2) is 42.6 Å². The molecule has 2 aliphatic carbocycles. The molecule has 0 radical (unpaired) electrons. The average molecular weight is 523 g/mol. The molecule has 1 aromatic carbocycles. The number of carbonyl (C=O) groups is 2. The van der Waals surface area contributed by atoms with Gasteiger partial charge >= 0.3 is 12.0 Å². The fourth-order valence-corrected chi connectivity index (χ4v) is 5.27. The van der Waals surface area contributed by atoms with Crippen LogP contribution in [0.4, 0.5) is 13.6 Å². The molecule has 0 spiro atoms. The zero-order chi connectivity index (χ0) is 26.3. The van der Waals surface area contributed by atoms with Gasteiger partial charge in [0.1, 0.15) is 5.75 Å². The molecular weight excluding hydrogens is 490 g/mol. The molecule has 2 N–H and O–H groups in total. The third-order valence-electron chi connectivity index (χ3n) is 7.78. The Hall–Kier alpha value is -2.61. The predicted molar refractivity (Wildman–Crippen MR) is 133 cm³/mol. The maximum Gasteiger partial charge on any atom is 0.323 e. The molecule has 0 bridgehead atoms. The van der Waals surface area contributed by atoms with Crippen molar-refractivity contribution in [3.8, 4) is 5.75 Å². The van der Waals surface area contributed by atoms with Gasteiger partial charge in [0.25, 0.3) is 0 Å². The number of ether oxygens (including phenoxy) is 1. The number of nitrogens with zero attached hydrogens (tertiary/aromatic N) is 1. The lowest BCUT2D eigenvalue weighted by Crippen LogP contribution is -2.61. The topological polar surface area (TPSA) is 78.9 Å². The number of rotatable bonds is 11. The van der Waals surface area contributed by atoms with Gasteiger partial charge < -0.3 is 15.2 Å². The standard InChI is InChI=1S/C27H33ClF2N2O4/c1-4-25(2,11-9-23(33)34)32-16-20(18-14-27(29,30)15-18)26(3,31-24(32)35)19-7-8-22(21(28)13-19)36-12-10-17-5-6-17/h4,7-8,13,16-18H,1,5-6,9-12,14-15H2,2-3H3,(H,31,35)(H,33,34)/t25?,26-/m0/s1. The summed E-state index contributed by atoms with van der Waals surface area (Å²) in [6.45, 7) is 7.87. The number of carboxylic acids is 1. The Morgan fingerprint density at radius 2 is 2.08 bits per heavy atom. The highest BCUT2D eigenvalue weighted by Crippen LogP contribution is 2.52. The summed E-state index contributed by atoms with van der Waals surface area (Å²) in [7, 11) is 0. The van der Waals surface area contributed by atoms with Crippen LogP contribution in [0.25, 0.3) is 0 Å². The maximum absolute atomic E-state index is 13.9. The minimum Gasteiger partial charge on any atom is -0.492 e. The number of amides is 2. The lowest BCUT2D eigenvalue weighted by molar-refractivity contribution is -0.137. The Morgan fingerprint density at radius 1 is 1.39 bits per heavy atom. The Labute approximate surface area is 215 Å². The molecule has 1 unspecified atom stereocenters. The van der Waals surface area contributed by atoms with E-state index in [1.165, 1.54) is 23.8 Å². The van der Waals surface area contributed by atoms with Gasteiger partial charge in [-0.3, -0.25) is 9.69 Å². The Bertz CT molecular complexity index is 1080. The molecular formula is C27H33ClF2N2O4. The van der Waals surface area contributed by atoms with E-state index in [1.54, 1.807) is 38.2 Å². The van der Waals surface area contributed by atoms with Gasteiger partial charge in [-0.05, 0) is 61.8 Å². The number of halogens is 3. The van der Waals surface area contributed by atoms with Crippen molar-refractivity contribution in [2.24, 2.45) is 11.8 Å². The Morgan fingerprint density at radius 3 is 2.64 bits per heavy atom. The third kappa shape index (κ3) is 5.38. The second-order valence-electron chi connectivity index (χ2n) is 10.7.